The van der Waals surface area contributed by atoms with Crippen LogP contribution in [0.1, 0.15) is 6.92 Å². The van der Waals surface area contributed by atoms with Gasteiger partial charge in [0.15, 0.2) is 0 Å². The van der Waals surface area contributed by atoms with Crippen molar-refractivity contribution in [3.8, 4) is 5.75 Å². The summed E-state index contributed by atoms with van der Waals surface area (Å²) >= 11 is 0. The third-order valence-electron chi connectivity index (χ3n) is 5.97. The zero-order chi connectivity index (χ0) is 19.4. The van der Waals surface area contributed by atoms with Gasteiger partial charge in [0, 0.05) is 16.7 Å². The molecule has 0 amide bonds. The van der Waals surface area contributed by atoms with E-state index in [1.807, 2.05) is 24.3 Å². The SMILES string of the molecule is CC1C(CO)OC(Oc2ccc3ccc4cccc5ccc2c3c45)C(O)C1O. The molecule has 5 nitrogen and oxygen atoms in total. The summed E-state index contributed by atoms with van der Waals surface area (Å²) in [7, 11) is 0. The van der Waals surface area contributed by atoms with E-state index in [1.165, 1.54) is 5.39 Å². The second-order valence-electron chi connectivity index (χ2n) is 7.60. The first-order chi connectivity index (χ1) is 13.6. The number of aliphatic hydroxyl groups is 3. The van der Waals surface area contributed by atoms with Gasteiger partial charge in [-0.05, 0) is 33.7 Å². The Morgan fingerprint density at radius 3 is 2.21 bits per heavy atom. The first kappa shape index (κ1) is 17.6. The van der Waals surface area contributed by atoms with E-state index in [9.17, 15) is 15.3 Å². The molecule has 1 heterocycles. The van der Waals surface area contributed by atoms with Gasteiger partial charge in [-0.15, -0.1) is 0 Å². The molecule has 5 rings (SSSR count). The van der Waals surface area contributed by atoms with Crippen LogP contribution in [0.15, 0.2) is 54.6 Å². The van der Waals surface area contributed by atoms with E-state index >= 15 is 0 Å². The summed E-state index contributed by atoms with van der Waals surface area (Å²) in [6.45, 7) is 1.49. The van der Waals surface area contributed by atoms with E-state index < -0.39 is 24.6 Å². The van der Waals surface area contributed by atoms with Gasteiger partial charge >= 0.3 is 0 Å². The maximum absolute atomic E-state index is 10.4. The Balaban J connectivity index is 1.61. The van der Waals surface area contributed by atoms with Crippen LogP contribution in [0.2, 0.25) is 0 Å². The Bertz CT molecular complexity index is 1120. The number of hydrogen-bond acceptors (Lipinski definition) is 5. The highest BCUT2D eigenvalue weighted by atomic mass is 16.7. The van der Waals surface area contributed by atoms with Crippen LogP contribution in [0, 0.1) is 5.92 Å². The van der Waals surface area contributed by atoms with Gasteiger partial charge in [0.25, 0.3) is 0 Å². The summed E-state index contributed by atoms with van der Waals surface area (Å²) in [5.41, 5.74) is 0. The molecule has 0 saturated carbocycles. The Hall–Kier alpha value is -2.44. The smallest absolute Gasteiger partial charge is 0.229 e. The van der Waals surface area contributed by atoms with E-state index in [-0.39, 0.29) is 12.5 Å². The van der Waals surface area contributed by atoms with Crippen molar-refractivity contribution in [3.05, 3.63) is 54.6 Å². The molecule has 0 radical (unpaired) electrons. The lowest BCUT2D eigenvalue weighted by Gasteiger charge is -2.40. The fraction of sp³-hybridized carbons (Fsp3) is 0.304. The number of ether oxygens (including phenoxy) is 2. The van der Waals surface area contributed by atoms with Crippen molar-refractivity contribution in [2.75, 3.05) is 6.61 Å². The van der Waals surface area contributed by atoms with E-state index in [0.29, 0.717) is 5.75 Å². The van der Waals surface area contributed by atoms with Crippen LogP contribution in [0.3, 0.4) is 0 Å². The lowest BCUT2D eigenvalue weighted by molar-refractivity contribution is -0.260. The zero-order valence-corrected chi connectivity index (χ0v) is 15.4. The molecule has 1 aliphatic rings. The predicted molar refractivity (Wildman–Crippen MR) is 108 cm³/mol. The van der Waals surface area contributed by atoms with Crippen LogP contribution in [0.4, 0.5) is 0 Å². The van der Waals surface area contributed by atoms with Gasteiger partial charge in [0.05, 0.1) is 18.8 Å². The second kappa shape index (κ2) is 6.57. The van der Waals surface area contributed by atoms with E-state index in [1.54, 1.807) is 6.92 Å². The molecule has 0 aliphatic carbocycles. The molecule has 1 fully saturated rings. The first-order valence-corrected chi connectivity index (χ1v) is 9.54. The summed E-state index contributed by atoms with van der Waals surface area (Å²) in [4.78, 5) is 0. The van der Waals surface area contributed by atoms with Crippen molar-refractivity contribution in [1.29, 1.82) is 0 Å². The molecule has 4 aromatic carbocycles. The minimum Gasteiger partial charge on any atom is -0.461 e. The maximum Gasteiger partial charge on any atom is 0.229 e. The normalized spacial score (nSPS) is 28.4. The molecule has 5 unspecified atom stereocenters. The van der Waals surface area contributed by atoms with Gasteiger partial charge < -0.3 is 24.8 Å². The van der Waals surface area contributed by atoms with Gasteiger partial charge in [-0.3, -0.25) is 0 Å². The molecular weight excluding hydrogens is 356 g/mol. The zero-order valence-electron chi connectivity index (χ0n) is 15.4. The summed E-state index contributed by atoms with van der Waals surface area (Å²) < 4.78 is 11.8. The average Bonchev–Trinajstić information content (AvgIpc) is 2.73. The van der Waals surface area contributed by atoms with Crippen LogP contribution in [-0.2, 0) is 4.74 Å². The number of rotatable bonds is 3. The molecule has 4 aromatic rings. The molecular formula is C23H22O5. The summed E-state index contributed by atoms with van der Waals surface area (Å²) in [5.74, 6) is 0.189. The van der Waals surface area contributed by atoms with Gasteiger partial charge in [0.1, 0.15) is 11.9 Å². The Kier molecular flexibility index (Phi) is 4.14. The number of aliphatic hydroxyl groups excluding tert-OH is 3. The molecule has 0 spiro atoms. The number of hydrogen-bond donors (Lipinski definition) is 3. The average molecular weight is 378 g/mol. The lowest BCUT2D eigenvalue weighted by Crippen LogP contribution is -2.56. The van der Waals surface area contributed by atoms with Crippen molar-refractivity contribution in [3.63, 3.8) is 0 Å². The molecule has 1 aliphatic heterocycles. The van der Waals surface area contributed by atoms with Crippen molar-refractivity contribution >= 4 is 32.3 Å². The predicted octanol–water partition coefficient (Wildman–Crippen LogP) is 3.04. The highest BCUT2D eigenvalue weighted by Gasteiger charge is 2.43. The highest BCUT2D eigenvalue weighted by molar-refractivity contribution is 6.24. The fourth-order valence-electron chi connectivity index (χ4n) is 4.31. The highest BCUT2D eigenvalue weighted by Crippen LogP contribution is 2.39. The van der Waals surface area contributed by atoms with Crippen LogP contribution >= 0.6 is 0 Å². The fourth-order valence-corrected chi connectivity index (χ4v) is 4.31. The summed E-state index contributed by atoms with van der Waals surface area (Å²) in [6.07, 6.45) is -3.88. The molecule has 5 atom stereocenters. The van der Waals surface area contributed by atoms with Gasteiger partial charge in [-0.2, -0.15) is 0 Å². The van der Waals surface area contributed by atoms with Crippen molar-refractivity contribution in [1.82, 2.24) is 0 Å². The molecule has 0 bridgehead atoms. The van der Waals surface area contributed by atoms with Gasteiger partial charge in [0.2, 0.25) is 6.29 Å². The molecule has 3 N–H and O–H groups in total. The number of benzene rings is 4. The summed E-state index contributed by atoms with van der Waals surface area (Å²) in [6, 6.07) is 18.3. The lowest BCUT2D eigenvalue weighted by atomic mass is 9.91. The van der Waals surface area contributed by atoms with Crippen LogP contribution in [-0.4, -0.2) is 46.5 Å². The van der Waals surface area contributed by atoms with E-state index in [2.05, 4.69) is 30.3 Å². The summed E-state index contributed by atoms with van der Waals surface area (Å²) in [5, 5.41) is 36.9. The quantitative estimate of drug-likeness (QED) is 0.478. The van der Waals surface area contributed by atoms with Crippen molar-refractivity contribution in [2.45, 2.75) is 31.5 Å². The van der Waals surface area contributed by atoms with Crippen LogP contribution in [0.5, 0.6) is 5.75 Å². The topological polar surface area (TPSA) is 79.2 Å². The third kappa shape index (κ3) is 2.55. The molecule has 28 heavy (non-hydrogen) atoms. The second-order valence-corrected chi connectivity index (χ2v) is 7.60. The minimum absolute atomic E-state index is 0.247. The standard InChI is InChI=1S/C23H22O5/c1-12-18(11-24)28-23(22(26)21(12)25)27-17-10-8-15-6-5-13-3-2-4-14-7-9-16(17)20(15)19(13)14/h2-10,12,18,21-26H,11H2,1H3. The monoisotopic (exact) mass is 378 g/mol. The van der Waals surface area contributed by atoms with Gasteiger partial charge in [-0.25, -0.2) is 0 Å². The minimum atomic E-state index is -1.20. The van der Waals surface area contributed by atoms with Crippen LogP contribution < -0.4 is 4.74 Å². The first-order valence-electron chi connectivity index (χ1n) is 9.54. The van der Waals surface area contributed by atoms with E-state index in [0.717, 1.165) is 26.9 Å². The van der Waals surface area contributed by atoms with Crippen molar-refractivity contribution in [2.24, 2.45) is 5.92 Å². The van der Waals surface area contributed by atoms with Gasteiger partial charge in [-0.1, -0.05) is 49.4 Å². The van der Waals surface area contributed by atoms with E-state index in [4.69, 9.17) is 9.47 Å². The Labute approximate surface area is 162 Å². The molecule has 5 heteroatoms. The van der Waals surface area contributed by atoms with Crippen molar-refractivity contribution < 1.29 is 24.8 Å². The molecule has 144 valence electrons. The third-order valence-corrected chi connectivity index (χ3v) is 5.97. The molecule has 0 aromatic heterocycles. The van der Waals surface area contributed by atoms with Crippen LogP contribution in [0.25, 0.3) is 32.3 Å². The molecule has 1 saturated heterocycles. The Morgan fingerprint density at radius 2 is 1.50 bits per heavy atom. The maximum atomic E-state index is 10.4. The Morgan fingerprint density at radius 1 is 0.857 bits per heavy atom. The largest absolute Gasteiger partial charge is 0.461 e.